The molecule has 0 fully saturated rings. The summed E-state index contributed by atoms with van der Waals surface area (Å²) < 4.78 is 2.32. The van der Waals surface area contributed by atoms with Crippen LogP contribution in [-0.4, -0.2) is 28.2 Å². The van der Waals surface area contributed by atoms with Gasteiger partial charge in [-0.3, -0.25) is 9.48 Å². The van der Waals surface area contributed by atoms with Gasteiger partial charge in [-0.05, 0) is 15.9 Å². The number of carbonyl (C=O) groups is 1. The molecule has 4 nitrogen and oxygen atoms in total. The van der Waals surface area contributed by atoms with Crippen LogP contribution in [0.25, 0.3) is 0 Å². The predicted molar refractivity (Wildman–Crippen MR) is 58.4 cm³/mol. The molecular weight excluding hydrogens is 246 g/mol. The van der Waals surface area contributed by atoms with Gasteiger partial charge in [0, 0.05) is 13.1 Å². The fourth-order valence-electron chi connectivity index (χ4n) is 1.10. The van der Waals surface area contributed by atoms with Crippen molar-refractivity contribution >= 4 is 21.7 Å². The number of Topliss-reactive ketones (excluding diaryl/α,β-unsaturated/α-hetero) is 1. The Labute approximate surface area is 91.8 Å². The van der Waals surface area contributed by atoms with Crippen LogP contribution < -0.4 is 5.32 Å². The maximum atomic E-state index is 11.7. The van der Waals surface area contributed by atoms with Gasteiger partial charge in [0.1, 0.15) is 5.69 Å². The van der Waals surface area contributed by atoms with E-state index in [-0.39, 0.29) is 5.78 Å². The predicted octanol–water partition coefficient (Wildman–Crippen LogP) is 1.36. The molecule has 0 bridgehead atoms. The summed E-state index contributed by atoms with van der Waals surface area (Å²) >= 11 is 3.29. The number of aryl methyl sites for hydroxylation is 1. The Balaban J connectivity index is 2.70. The maximum absolute atomic E-state index is 11.7. The number of carbonyl (C=O) groups excluding carboxylic acids is 1. The third kappa shape index (κ3) is 2.65. The summed E-state index contributed by atoms with van der Waals surface area (Å²) in [4.78, 5) is 11.7. The van der Waals surface area contributed by atoms with Crippen molar-refractivity contribution in [2.75, 3.05) is 6.54 Å². The van der Waals surface area contributed by atoms with Crippen molar-refractivity contribution in [3.8, 4) is 0 Å². The highest BCUT2D eigenvalue weighted by atomic mass is 79.9. The molecule has 1 aromatic heterocycles. The van der Waals surface area contributed by atoms with E-state index in [2.05, 4.69) is 26.3 Å². The van der Waals surface area contributed by atoms with Crippen molar-refractivity contribution in [2.24, 2.45) is 7.05 Å². The van der Waals surface area contributed by atoms with Gasteiger partial charge in [0.2, 0.25) is 0 Å². The highest BCUT2D eigenvalue weighted by molar-refractivity contribution is 9.10. The van der Waals surface area contributed by atoms with Gasteiger partial charge in [-0.15, -0.1) is 0 Å². The molecule has 78 valence electrons. The van der Waals surface area contributed by atoms with Gasteiger partial charge in [-0.25, -0.2) is 0 Å². The molecule has 1 N–H and O–H groups in total. The Bertz CT molecular complexity index is 313. The van der Waals surface area contributed by atoms with Gasteiger partial charge >= 0.3 is 0 Å². The molecule has 1 rings (SSSR count). The van der Waals surface area contributed by atoms with Crippen molar-refractivity contribution < 1.29 is 4.79 Å². The normalized spacial score (nSPS) is 10.9. The standard InChI is InChI=1S/C9H14BrN3O/c1-6(2)11-5-8(14)9-7(10)4-12-13(9)3/h4,6,11H,5H2,1-3H3. The van der Waals surface area contributed by atoms with E-state index in [0.29, 0.717) is 18.3 Å². The highest BCUT2D eigenvalue weighted by Crippen LogP contribution is 2.15. The fourth-order valence-corrected chi connectivity index (χ4v) is 1.67. The van der Waals surface area contributed by atoms with Crippen molar-refractivity contribution in [1.29, 1.82) is 0 Å². The van der Waals surface area contributed by atoms with E-state index in [4.69, 9.17) is 0 Å². The molecule has 0 aromatic carbocycles. The monoisotopic (exact) mass is 259 g/mol. The van der Waals surface area contributed by atoms with Gasteiger partial charge in [0.25, 0.3) is 0 Å². The van der Waals surface area contributed by atoms with Gasteiger partial charge in [-0.1, -0.05) is 13.8 Å². The summed E-state index contributed by atoms with van der Waals surface area (Å²) in [5.74, 6) is 0.0468. The van der Waals surface area contributed by atoms with E-state index in [1.807, 2.05) is 13.8 Å². The molecule has 0 unspecified atom stereocenters. The Kier molecular flexibility index (Phi) is 3.83. The molecule has 0 aliphatic carbocycles. The summed E-state index contributed by atoms with van der Waals surface area (Å²) in [6, 6.07) is 0.311. The number of halogens is 1. The SMILES string of the molecule is CC(C)NCC(=O)c1c(Br)cnn1C. The Morgan fingerprint density at radius 3 is 2.79 bits per heavy atom. The maximum Gasteiger partial charge on any atom is 0.195 e. The molecule has 0 saturated carbocycles. The average Bonchev–Trinajstić information content (AvgIpc) is 2.42. The number of nitrogens with one attached hydrogen (secondary N) is 1. The molecule has 1 heterocycles. The molecular formula is C9H14BrN3O. The largest absolute Gasteiger partial charge is 0.307 e. The van der Waals surface area contributed by atoms with Gasteiger partial charge < -0.3 is 5.32 Å². The Hall–Kier alpha value is -0.680. The van der Waals surface area contributed by atoms with E-state index in [0.717, 1.165) is 4.47 Å². The van der Waals surface area contributed by atoms with Crippen molar-refractivity contribution in [2.45, 2.75) is 19.9 Å². The second-order valence-corrected chi connectivity index (χ2v) is 4.28. The minimum Gasteiger partial charge on any atom is -0.307 e. The third-order valence-corrected chi connectivity index (χ3v) is 2.41. The van der Waals surface area contributed by atoms with Gasteiger partial charge in [0.05, 0.1) is 17.2 Å². The van der Waals surface area contributed by atoms with Crippen LogP contribution in [-0.2, 0) is 7.05 Å². The zero-order valence-corrected chi connectivity index (χ0v) is 10.1. The summed E-state index contributed by atoms with van der Waals surface area (Å²) in [6.45, 7) is 4.35. The molecule has 0 radical (unpaired) electrons. The van der Waals surface area contributed by atoms with Crippen LogP contribution in [0.4, 0.5) is 0 Å². The molecule has 0 atom stereocenters. The lowest BCUT2D eigenvalue weighted by atomic mass is 10.2. The highest BCUT2D eigenvalue weighted by Gasteiger charge is 2.14. The minimum absolute atomic E-state index is 0.0468. The Morgan fingerprint density at radius 1 is 1.71 bits per heavy atom. The van der Waals surface area contributed by atoms with E-state index in [1.165, 1.54) is 0 Å². The minimum atomic E-state index is 0.0468. The number of rotatable bonds is 4. The Morgan fingerprint density at radius 2 is 2.36 bits per heavy atom. The quantitative estimate of drug-likeness (QED) is 0.831. The molecule has 0 amide bonds. The van der Waals surface area contributed by atoms with Crippen LogP contribution in [0.3, 0.4) is 0 Å². The van der Waals surface area contributed by atoms with Crippen LogP contribution in [0.2, 0.25) is 0 Å². The summed E-state index contributed by atoms with van der Waals surface area (Å²) in [6.07, 6.45) is 1.63. The first kappa shape index (κ1) is 11.4. The second-order valence-electron chi connectivity index (χ2n) is 3.42. The zero-order chi connectivity index (χ0) is 10.7. The topological polar surface area (TPSA) is 46.9 Å². The van der Waals surface area contributed by atoms with Crippen LogP contribution in [0, 0.1) is 0 Å². The fraction of sp³-hybridized carbons (Fsp3) is 0.556. The van der Waals surface area contributed by atoms with E-state index < -0.39 is 0 Å². The van der Waals surface area contributed by atoms with Gasteiger partial charge in [-0.2, -0.15) is 5.10 Å². The molecule has 0 saturated heterocycles. The number of aromatic nitrogens is 2. The van der Waals surface area contributed by atoms with E-state index in [9.17, 15) is 4.79 Å². The number of ketones is 1. The molecule has 0 spiro atoms. The lowest BCUT2D eigenvalue weighted by molar-refractivity contribution is 0.0978. The second kappa shape index (κ2) is 4.70. The van der Waals surface area contributed by atoms with Crippen LogP contribution >= 0.6 is 15.9 Å². The van der Waals surface area contributed by atoms with Crippen molar-refractivity contribution in [1.82, 2.24) is 15.1 Å². The average molecular weight is 260 g/mol. The van der Waals surface area contributed by atoms with E-state index in [1.54, 1.807) is 17.9 Å². The molecule has 14 heavy (non-hydrogen) atoms. The van der Waals surface area contributed by atoms with Crippen molar-refractivity contribution in [3.63, 3.8) is 0 Å². The number of hydrogen-bond donors (Lipinski definition) is 1. The van der Waals surface area contributed by atoms with Crippen LogP contribution in [0.15, 0.2) is 10.7 Å². The van der Waals surface area contributed by atoms with Crippen LogP contribution in [0.1, 0.15) is 24.3 Å². The number of nitrogens with zero attached hydrogens (tertiary/aromatic N) is 2. The first-order valence-electron chi connectivity index (χ1n) is 4.46. The number of hydrogen-bond acceptors (Lipinski definition) is 3. The van der Waals surface area contributed by atoms with Crippen molar-refractivity contribution in [3.05, 3.63) is 16.4 Å². The molecule has 5 heteroatoms. The molecule has 0 aliphatic heterocycles. The van der Waals surface area contributed by atoms with E-state index >= 15 is 0 Å². The summed E-state index contributed by atoms with van der Waals surface area (Å²) in [7, 11) is 1.76. The third-order valence-electron chi connectivity index (χ3n) is 1.83. The smallest absolute Gasteiger partial charge is 0.195 e. The van der Waals surface area contributed by atoms with Crippen LogP contribution in [0.5, 0.6) is 0 Å². The zero-order valence-electron chi connectivity index (χ0n) is 8.54. The molecule has 1 aromatic rings. The first-order chi connectivity index (χ1) is 6.52. The lowest BCUT2D eigenvalue weighted by Crippen LogP contribution is -2.30. The molecule has 0 aliphatic rings. The first-order valence-corrected chi connectivity index (χ1v) is 5.25. The summed E-state index contributed by atoms with van der Waals surface area (Å²) in [5, 5.41) is 7.06. The summed E-state index contributed by atoms with van der Waals surface area (Å²) in [5.41, 5.74) is 0.609. The lowest BCUT2D eigenvalue weighted by Gasteiger charge is -2.07. The van der Waals surface area contributed by atoms with Gasteiger partial charge in [0.15, 0.2) is 5.78 Å².